The number of nitrogens with zero attached hydrogens (tertiary/aromatic N) is 1. The summed E-state index contributed by atoms with van der Waals surface area (Å²) in [6, 6.07) is 11.5. The van der Waals surface area contributed by atoms with Crippen LogP contribution in [0.2, 0.25) is 0 Å². The monoisotopic (exact) mass is 450 g/mol. The molecule has 0 saturated carbocycles. The molecule has 2 atom stereocenters. The van der Waals surface area contributed by atoms with E-state index in [1.807, 2.05) is 18.2 Å². The Bertz CT molecular complexity index is 1040. The maximum atomic E-state index is 15.3. The molecular formula is C28H35FN2O2. The maximum absolute atomic E-state index is 15.3. The first-order valence-corrected chi connectivity index (χ1v) is 12.4. The minimum Gasteiger partial charge on any atom is -0.445 e. The number of ether oxygens (including phenoxy) is 1. The SMILES string of the molecule is CCCc1cccc(-c2cc3c(cc2F)[C@H](NC(=O)O[C@@H]2CN4CCC2CC4)C(C)(C)C3)c1. The van der Waals surface area contributed by atoms with Crippen LogP contribution in [0.4, 0.5) is 9.18 Å². The summed E-state index contributed by atoms with van der Waals surface area (Å²) in [6.45, 7) is 9.46. The second-order valence-electron chi connectivity index (χ2n) is 10.8. The van der Waals surface area contributed by atoms with Gasteiger partial charge in [0.05, 0.1) is 6.04 Å². The van der Waals surface area contributed by atoms with Gasteiger partial charge in [0.25, 0.3) is 0 Å². The number of fused-ring (bicyclic) bond motifs is 4. The Balaban J connectivity index is 1.36. The summed E-state index contributed by atoms with van der Waals surface area (Å²) in [5, 5.41) is 3.10. The number of amides is 1. The number of aryl methyl sites for hydroxylation is 1. The lowest BCUT2D eigenvalue weighted by Gasteiger charge is -2.44. The van der Waals surface area contributed by atoms with Gasteiger partial charge in [0.2, 0.25) is 0 Å². The van der Waals surface area contributed by atoms with E-state index in [2.05, 4.69) is 43.1 Å². The van der Waals surface area contributed by atoms with Crippen LogP contribution in [0.5, 0.6) is 0 Å². The minimum absolute atomic E-state index is 0.0361. The van der Waals surface area contributed by atoms with Crippen LogP contribution in [0.25, 0.3) is 11.1 Å². The minimum atomic E-state index is -0.378. The van der Waals surface area contributed by atoms with Gasteiger partial charge in [-0.05, 0) is 84.5 Å². The number of hydrogen-bond donors (Lipinski definition) is 1. The second-order valence-corrected chi connectivity index (χ2v) is 10.8. The van der Waals surface area contributed by atoms with Crippen molar-refractivity contribution in [3.63, 3.8) is 0 Å². The molecule has 33 heavy (non-hydrogen) atoms. The Morgan fingerprint density at radius 3 is 2.70 bits per heavy atom. The Kier molecular flexibility index (Phi) is 5.94. The molecule has 2 aromatic rings. The highest BCUT2D eigenvalue weighted by Gasteiger charge is 2.42. The molecule has 2 aromatic carbocycles. The van der Waals surface area contributed by atoms with E-state index in [1.54, 1.807) is 6.07 Å². The van der Waals surface area contributed by atoms with Gasteiger partial charge < -0.3 is 10.1 Å². The van der Waals surface area contributed by atoms with Crippen molar-refractivity contribution in [1.29, 1.82) is 0 Å². The van der Waals surface area contributed by atoms with Gasteiger partial charge in [-0.2, -0.15) is 0 Å². The van der Waals surface area contributed by atoms with E-state index in [0.717, 1.165) is 68.4 Å². The van der Waals surface area contributed by atoms with Crippen LogP contribution in [0.15, 0.2) is 36.4 Å². The Hall–Kier alpha value is -2.40. The molecule has 3 aliphatic heterocycles. The molecule has 0 spiro atoms. The standard InChI is InChI=1S/C28H35FN2O2/c1-4-6-18-7-5-8-20(13-18)22-14-21-16-28(2,3)26(23(21)15-24(22)29)30-27(32)33-25-17-31-11-9-19(25)10-12-31/h5,7-8,13-15,19,25-26H,4,6,9-12,16-17H2,1-3H3,(H,30,32)/t25-,26+/m1/s1. The molecule has 0 radical (unpaired) electrons. The van der Waals surface area contributed by atoms with E-state index < -0.39 is 0 Å². The molecule has 2 bridgehead atoms. The van der Waals surface area contributed by atoms with E-state index in [4.69, 9.17) is 4.74 Å². The van der Waals surface area contributed by atoms with Gasteiger partial charge in [-0.15, -0.1) is 0 Å². The van der Waals surface area contributed by atoms with Crippen LogP contribution in [-0.4, -0.2) is 36.7 Å². The number of carbonyl (C=O) groups excluding carboxylic acids is 1. The molecule has 176 valence electrons. The lowest BCUT2D eigenvalue weighted by atomic mass is 9.85. The van der Waals surface area contributed by atoms with Crippen LogP contribution < -0.4 is 5.32 Å². The molecular weight excluding hydrogens is 415 g/mol. The van der Waals surface area contributed by atoms with Crippen LogP contribution >= 0.6 is 0 Å². The van der Waals surface area contributed by atoms with Gasteiger partial charge >= 0.3 is 6.09 Å². The van der Waals surface area contributed by atoms with Crippen molar-refractivity contribution in [1.82, 2.24) is 10.2 Å². The highest BCUT2D eigenvalue weighted by Crippen LogP contribution is 2.47. The predicted molar refractivity (Wildman–Crippen MR) is 129 cm³/mol. The van der Waals surface area contributed by atoms with Crippen LogP contribution in [-0.2, 0) is 17.6 Å². The first-order chi connectivity index (χ1) is 15.8. The third kappa shape index (κ3) is 4.40. The van der Waals surface area contributed by atoms with E-state index >= 15 is 4.39 Å². The number of benzene rings is 2. The molecule has 1 N–H and O–H groups in total. The van der Waals surface area contributed by atoms with Crippen molar-refractivity contribution in [2.45, 2.75) is 65.0 Å². The average molecular weight is 451 g/mol. The molecule has 3 fully saturated rings. The number of alkyl carbamates (subject to hydrolysis) is 1. The fourth-order valence-electron chi connectivity index (χ4n) is 6.08. The quantitative estimate of drug-likeness (QED) is 0.618. The van der Waals surface area contributed by atoms with E-state index in [0.29, 0.717) is 11.5 Å². The third-order valence-corrected chi connectivity index (χ3v) is 7.86. The van der Waals surface area contributed by atoms with Crippen molar-refractivity contribution >= 4 is 6.09 Å². The number of rotatable bonds is 5. The van der Waals surface area contributed by atoms with Crippen molar-refractivity contribution in [3.05, 3.63) is 58.9 Å². The zero-order chi connectivity index (χ0) is 23.2. The Morgan fingerprint density at radius 1 is 1.21 bits per heavy atom. The summed E-state index contributed by atoms with van der Waals surface area (Å²) < 4.78 is 21.2. The highest BCUT2D eigenvalue weighted by molar-refractivity contribution is 5.70. The lowest BCUT2D eigenvalue weighted by molar-refractivity contribution is -0.0349. The molecule has 3 heterocycles. The van der Waals surface area contributed by atoms with Gasteiger partial charge in [0.1, 0.15) is 11.9 Å². The van der Waals surface area contributed by atoms with Crippen LogP contribution in [0.3, 0.4) is 0 Å². The summed E-state index contributed by atoms with van der Waals surface area (Å²) in [5.41, 5.74) is 4.54. The Morgan fingerprint density at radius 2 is 2.00 bits per heavy atom. The molecule has 1 aliphatic carbocycles. The summed E-state index contributed by atoms with van der Waals surface area (Å²) in [7, 11) is 0. The molecule has 0 unspecified atom stereocenters. The number of piperidine rings is 3. The average Bonchev–Trinajstić information content (AvgIpc) is 3.03. The number of hydrogen-bond acceptors (Lipinski definition) is 3. The van der Waals surface area contributed by atoms with Crippen LogP contribution in [0.1, 0.15) is 62.8 Å². The van der Waals surface area contributed by atoms with Crippen molar-refractivity contribution in [2.24, 2.45) is 11.3 Å². The Labute approximate surface area is 196 Å². The first-order valence-electron chi connectivity index (χ1n) is 12.4. The molecule has 6 rings (SSSR count). The van der Waals surface area contributed by atoms with Crippen molar-refractivity contribution in [2.75, 3.05) is 19.6 Å². The smallest absolute Gasteiger partial charge is 0.407 e. The lowest BCUT2D eigenvalue weighted by Crippen LogP contribution is -2.53. The molecule has 1 amide bonds. The maximum Gasteiger partial charge on any atom is 0.407 e. The highest BCUT2D eigenvalue weighted by atomic mass is 19.1. The first kappa shape index (κ1) is 22.4. The van der Waals surface area contributed by atoms with Gasteiger partial charge in [-0.25, -0.2) is 9.18 Å². The summed E-state index contributed by atoms with van der Waals surface area (Å²) in [4.78, 5) is 15.2. The van der Waals surface area contributed by atoms with Crippen LogP contribution in [0, 0.1) is 17.2 Å². The van der Waals surface area contributed by atoms with Crippen molar-refractivity contribution < 1.29 is 13.9 Å². The predicted octanol–water partition coefficient (Wildman–Crippen LogP) is 5.89. The second kappa shape index (κ2) is 8.75. The zero-order valence-electron chi connectivity index (χ0n) is 20.0. The zero-order valence-corrected chi connectivity index (χ0v) is 20.0. The topological polar surface area (TPSA) is 41.6 Å². The van der Waals surface area contributed by atoms with E-state index in [9.17, 15) is 4.79 Å². The largest absolute Gasteiger partial charge is 0.445 e. The molecule has 4 nitrogen and oxygen atoms in total. The molecule has 5 heteroatoms. The molecule has 4 aliphatic rings. The van der Waals surface area contributed by atoms with Gasteiger partial charge in [-0.3, -0.25) is 4.90 Å². The summed E-state index contributed by atoms with van der Waals surface area (Å²) in [6.07, 6.45) is 4.62. The third-order valence-electron chi connectivity index (χ3n) is 7.86. The number of nitrogens with one attached hydrogen (secondary N) is 1. The summed E-state index contributed by atoms with van der Waals surface area (Å²) >= 11 is 0. The normalized spacial score (nSPS) is 27.3. The van der Waals surface area contributed by atoms with Gasteiger partial charge in [-0.1, -0.05) is 51.5 Å². The van der Waals surface area contributed by atoms with E-state index in [1.165, 1.54) is 5.56 Å². The fourth-order valence-corrected chi connectivity index (χ4v) is 6.08. The number of carbonyl (C=O) groups is 1. The molecule has 0 aromatic heterocycles. The fraction of sp³-hybridized carbons (Fsp3) is 0.536. The van der Waals surface area contributed by atoms with Gasteiger partial charge in [0.15, 0.2) is 0 Å². The van der Waals surface area contributed by atoms with Crippen molar-refractivity contribution in [3.8, 4) is 11.1 Å². The summed E-state index contributed by atoms with van der Waals surface area (Å²) in [5.74, 6) is 0.228. The van der Waals surface area contributed by atoms with Gasteiger partial charge in [0, 0.05) is 12.1 Å². The number of halogens is 1. The molecule has 3 saturated heterocycles. The van der Waals surface area contributed by atoms with E-state index in [-0.39, 0.29) is 29.5 Å².